The lowest BCUT2D eigenvalue weighted by molar-refractivity contribution is -0.139. The van der Waals surface area contributed by atoms with Crippen LogP contribution in [0.2, 0.25) is 0 Å². The van der Waals surface area contributed by atoms with Crippen molar-refractivity contribution in [3.8, 4) is 5.06 Å². The van der Waals surface area contributed by atoms with Gasteiger partial charge in [0.25, 0.3) is 0 Å². The number of aromatic nitrogens is 1. The van der Waals surface area contributed by atoms with E-state index in [4.69, 9.17) is 9.22 Å². The largest absolute Gasteiger partial charge is 0.480 e. The number of benzene rings is 1. The van der Waals surface area contributed by atoms with Crippen LogP contribution in [0.5, 0.6) is 5.06 Å². The molecule has 1 atom stereocenters. The van der Waals surface area contributed by atoms with Gasteiger partial charge in [-0.05, 0) is 39.7 Å². The summed E-state index contributed by atoms with van der Waals surface area (Å²) >= 11 is 5.43. The summed E-state index contributed by atoms with van der Waals surface area (Å²) in [5, 5.41) is 11.0. The lowest BCUT2D eigenvalue weighted by Gasteiger charge is -2.12. The number of halogens is 1. The Bertz CT molecular complexity index is 836. The molecule has 9 heteroatoms. The number of carbonyl (C=O) groups is 1. The number of para-hydroxylation sites is 1. The van der Waals surface area contributed by atoms with E-state index < -0.39 is 12.0 Å². The average Bonchev–Trinajstić information content (AvgIpc) is 3.16. The summed E-state index contributed by atoms with van der Waals surface area (Å²) in [6.45, 7) is 0. The first-order chi connectivity index (χ1) is 11.6. The number of carboxylic acids is 1. The van der Waals surface area contributed by atoms with Gasteiger partial charge < -0.3 is 15.0 Å². The molecular formula is C15H13BrN2O4S2. The van der Waals surface area contributed by atoms with E-state index in [0.29, 0.717) is 11.5 Å². The Balaban J connectivity index is 1.56. The van der Waals surface area contributed by atoms with Gasteiger partial charge in [-0.15, -0.1) is 0 Å². The van der Waals surface area contributed by atoms with E-state index in [0.717, 1.165) is 32.5 Å². The Kier molecular flexibility index (Phi) is 5.80. The van der Waals surface area contributed by atoms with E-state index >= 15 is 0 Å². The maximum absolute atomic E-state index is 11.4. The summed E-state index contributed by atoms with van der Waals surface area (Å²) < 4.78 is 8.61. The molecule has 2 heterocycles. The van der Waals surface area contributed by atoms with Crippen LogP contribution in [0, 0.1) is 0 Å². The number of thiophene rings is 1. The first-order valence-corrected chi connectivity index (χ1v) is 9.27. The predicted molar refractivity (Wildman–Crippen MR) is 97.9 cm³/mol. The van der Waals surface area contributed by atoms with Crippen molar-refractivity contribution in [3.63, 3.8) is 0 Å². The molecule has 3 rings (SSSR count). The van der Waals surface area contributed by atoms with E-state index in [-0.39, 0.29) is 0 Å². The molecular weight excluding hydrogens is 416 g/mol. The third kappa shape index (κ3) is 4.31. The van der Waals surface area contributed by atoms with Crippen LogP contribution < -0.4 is 9.61 Å². The van der Waals surface area contributed by atoms with Crippen LogP contribution in [0.4, 0.5) is 0 Å². The zero-order chi connectivity index (χ0) is 16.9. The second-order valence-electron chi connectivity index (χ2n) is 4.87. The lowest BCUT2D eigenvalue weighted by atomic mass is 10.1. The summed E-state index contributed by atoms with van der Waals surface area (Å²) in [6.07, 6.45) is 2.15. The molecule has 0 bridgehead atoms. The minimum Gasteiger partial charge on any atom is -0.480 e. The summed E-state index contributed by atoms with van der Waals surface area (Å²) in [5.41, 5.74) is 1.90. The fourth-order valence-corrected chi connectivity index (χ4v) is 3.80. The second-order valence-corrected chi connectivity index (χ2v) is 7.83. The molecule has 0 aliphatic rings. The summed E-state index contributed by atoms with van der Waals surface area (Å²) in [4.78, 5) is 19.6. The van der Waals surface area contributed by atoms with Gasteiger partial charge in [0, 0.05) is 23.5 Å². The monoisotopic (exact) mass is 428 g/mol. The number of aromatic amines is 1. The number of carboxylic acid groups (broad SMARTS) is 1. The van der Waals surface area contributed by atoms with Crippen LogP contribution in [0.25, 0.3) is 10.9 Å². The third-order valence-corrected chi connectivity index (χ3v) is 5.29. The minimum absolute atomic E-state index is 0.320. The Morgan fingerprint density at radius 2 is 2.21 bits per heavy atom. The molecule has 24 heavy (non-hydrogen) atoms. The predicted octanol–water partition coefficient (Wildman–Crippen LogP) is 4.15. The number of nitrogens with one attached hydrogen (secondary N) is 2. The van der Waals surface area contributed by atoms with Gasteiger partial charge in [0.15, 0.2) is 0 Å². The van der Waals surface area contributed by atoms with Gasteiger partial charge >= 0.3 is 5.97 Å². The van der Waals surface area contributed by atoms with Crippen LogP contribution in [0.15, 0.2) is 46.4 Å². The standard InChI is InChI=1S/C15H13BrN2O4S2/c16-13-5-6-14(23-13)21-22-24-18-12(15(19)20)7-9-8-17-11-4-2-1-3-10(9)11/h1-6,8,12,17-18H,7H2,(H,19,20)/t12-/m1/s1. The van der Waals surface area contributed by atoms with Crippen LogP contribution in [0.1, 0.15) is 5.56 Å². The van der Waals surface area contributed by atoms with E-state index in [1.807, 2.05) is 36.5 Å². The zero-order valence-electron chi connectivity index (χ0n) is 12.2. The Morgan fingerprint density at radius 3 is 2.96 bits per heavy atom. The Morgan fingerprint density at radius 1 is 1.38 bits per heavy atom. The molecule has 3 N–H and O–H groups in total. The highest BCUT2D eigenvalue weighted by atomic mass is 79.9. The van der Waals surface area contributed by atoms with Gasteiger partial charge in [0.05, 0.1) is 3.79 Å². The molecule has 0 radical (unpaired) electrons. The van der Waals surface area contributed by atoms with Crippen molar-refractivity contribution >= 4 is 56.4 Å². The molecule has 0 saturated heterocycles. The maximum Gasteiger partial charge on any atom is 0.321 e. The second kappa shape index (κ2) is 8.04. The molecule has 1 aromatic carbocycles. The number of aliphatic carboxylic acids is 1. The van der Waals surface area contributed by atoms with Gasteiger partial charge in [0.1, 0.15) is 18.3 Å². The van der Waals surface area contributed by atoms with Crippen molar-refractivity contribution in [3.05, 3.63) is 51.9 Å². The van der Waals surface area contributed by atoms with Crippen LogP contribution in [-0.2, 0) is 15.5 Å². The normalized spacial score (nSPS) is 12.4. The van der Waals surface area contributed by atoms with Gasteiger partial charge in [-0.3, -0.25) is 4.79 Å². The van der Waals surface area contributed by atoms with Gasteiger partial charge in [0.2, 0.25) is 5.06 Å². The summed E-state index contributed by atoms with van der Waals surface area (Å²) in [6, 6.07) is 10.5. The van der Waals surface area contributed by atoms with Crippen LogP contribution in [0.3, 0.4) is 0 Å². The highest BCUT2D eigenvalue weighted by molar-refractivity contribution is 9.11. The minimum atomic E-state index is -0.963. The number of hydrogen-bond acceptors (Lipinski definition) is 6. The number of rotatable bonds is 8. The van der Waals surface area contributed by atoms with Crippen molar-refractivity contribution in [2.45, 2.75) is 12.5 Å². The maximum atomic E-state index is 11.4. The third-order valence-electron chi connectivity index (χ3n) is 3.29. The van der Waals surface area contributed by atoms with Crippen LogP contribution in [-0.4, -0.2) is 22.1 Å². The molecule has 0 spiro atoms. The summed E-state index contributed by atoms with van der Waals surface area (Å²) in [5.74, 6) is -0.963. The van der Waals surface area contributed by atoms with Gasteiger partial charge in [-0.25, -0.2) is 4.72 Å². The average molecular weight is 429 g/mol. The highest BCUT2D eigenvalue weighted by Gasteiger charge is 2.20. The van der Waals surface area contributed by atoms with Crippen molar-refractivity contribution in [2.75, 3.05) is 0 Å². The van der Waals surface area contributed by atoms with Gasteiger partial charge in [-0.2, -0.15) is 0 Å². The lowest BCUT2D eigenvalue weighted by Crippen LogP contribution is -2.34. The van der Waals surface area contributed by atoms with Crippen LogP contribution >= 0.6 is 39.5 Å². The van der Waals surface area contributed by atoms with E-state index in [9.17, 15) is 9.90 Å². The first-order valence-electron chi connectivity index (χ1n) is 6.92. The smallest absolute Gasteiger partial charge is 0.321 e. The molecule has 0 amide bonds. The molecule has 126 valence electrons. The SMILES string of the molecule is O=C(O)[C@@H](Cc1c[nH]c2ccccc12)NSOOc1ccc(Br)s1. The van der Waals surface area contributed by atoms with Crippen molar-refractivity contribution in [1.82, 2.24) is 9.71 Å². The Labute approximate surface area is 154 Å². The molecule has 3 aromatic rings. The fourth-order valence-electron chi connectivity index (χ4n) is 2.17. The van der Waals surface area contributed by atoms with Crippen molar-refractivity contribution in [2.24, 2.45) is 0 Å². The van der Waals surface area contributed by atoms with Crippen molar-refractivity contribution in [1.29, 1.82) is 0 Å². The fraction of sp³-hybridized carbons (Fsp3) is 0.133. The molecule has 0 aliphatic heterocycles. The molecule has 0 saturated carbocycles. The van der Waals surface area contributed by atoms with Crippen molar-refractivity contribution < 1.29 is 19.1 Å². The number of H-pyrrole nitrogens is 1. The quantitative estimate of drug-likeness (QED) is 0.164. The number of hydrogen-bond donors (Lipinski definition) is 3. The molecule has 2 aromatic heterocycles. The topological polar surface area (TPSA) is 83.6 Å². The summed E-state index contributed by atoms with van der Waals surface area (Å²) in [7, 11) is 0. The zero-order valence-corrected chi connectivity index (χ0v) is 15.4. The molecule has 6 nitrogen and oxygen atoms in total. The van der Waals surface area contributed by atoms with Gasteiger partial charge in [-0.1, -0.05) is 33.9 Å². The Hall–Kier alpha value is -1.52. The molecule has 0 aliphatic carbocycles. The molecule has 0 fully saturated rings. The molecule has 0 unspecified atom stereocenters. The van der Waals surface area contributed by atoms with E-state index in [1.165, 1.54) is 11.3 Å². The van der Waals surface area contributed by atoms with E-state index in [1.54, 1.807) is 6.07 Å². The first kappa shape index (κ1) is 17.3. The highest BCUT2D eigenvalue weighted by Crippen LogP contribution is 2.29. The van der Waals surface area contributed by atoms with E-state index in [2.05, 4.69) is 25.6 Å². The number of fused-ring (bicyclic) bond motifs is 1.